The summed E-state index contributed by atoms with van der Waals surface area (Å²) in [4.78, 5) is 13.0. The summed E-state index contributed by atoms with van der Waals surface area (Å²) in [6.07, 6.45) is 0. The van der Waals surface area contributed by atoms with Crippen LogP contribution in [0.5, 0.6) is 0 Å². The molecule has 2 aromatic rings. The summed E-state index contributed by atoms with van der Waals surface area (Å²) in [5, 5.41) is -0.512. The van der Waals surface area contributed by atoms with E-state index in [1.807, 2.05) is 61.5 Å². The van der Waals surface area contributed by atoms with Crippen molar-refractivity contribution in [1.82, 2.24) is 0 Å². The zero-order chi connectivity index (χ0) is 12.3. The first kappa shape index (κ1) is 11.7. The third-order valence-electron chi connectivity index (χ3n) is 2.45. The van der Waals surface area contributed by atoms with E-state index in [9.17, 15) is 4.79 Å². The molecule has 2 aromatic carbocycles. The summed E-state index contributed by atoms with van der Waals surface area (Å²) in [5.41, 5.74) is 2.62. The van der Waals surface area contributed by atoms with E-state index in [-0.39, 0.29) is 0 Å². The van der Waals surface area contributed by atoms with Crippen LogP contribution >= 0.6 is 11.6 Å². The average Bonchev–Trinajstić information content (AvgIpc) is 2.30. The third kappa shape index (κ3) is 2.66. The topological polar surface area (TPSA) is 20.3 Å². The summed E-state index contributed by atoms with van der Waals surface area (Å²) in [7, 11) is 0. The highest BCUT2D eigenvalue weighted by Crippen LogP contribution is 2.27. The van der Waals surface area contributed by atoms with Gasteiger partial charge in [0.25, 0.3) is 0 Å². The van der Waals surface area contributed by atoms with E-state index in [1.54, 1.807) is 0 Å². The van der Waals surface area contributed by atoms with Crippen LogP contribution in [-0.2, 0) is 0 Å². The van der Waals surface area contributed by atoms with Gasteiger partial charge in [0.2, 0.25) is 0 Å². The van der Waals surface area contributed by atoms with Crippen LogP contribution in [0.3, 0.4) is 0 Å². The van der Waals surface area contributed by atoms with Gasteiger partial charge in [-0.05, 0) is 48.4 Å². The number of hydrogen-bond acceptors (Lipinski definition) is 1. The van der Waals surface area contributed by atoms with Crippen molar-refractivity contribution in [3.05, 3.63) is 60.2 Å². The summed E-state index contributed by atoms with van der Waals surface area (Å²) >= 11 is 5.65. The average molecular weight is 246 g/mol. The van der Waals surface area contributed by atoms with Gasteiger partial charge >= 0.3 is 5.37 Å². The molecular weight excluding hydrogens is 234 g/mol. The number of aryl methyl sites for hydroxylation is 1. The number of rotatable bonds is 2. The summed E-state index contributed by atoms with van der Waals surface area (Å²) < 4.78 is 0. The molecule has 3 heteroatoms. The second kappa shape index (κ2) is 5.02. The fraction of sp³-hybridized carbons (Fsp3) is 0.0714. The van der Waals surface area contributed by atoms with Crippen molar-refractivity contribution in [2.24, 2.45) is 0 Å². The minimum atomic E-state index is -0.512. The molecule has 0 aliphatic heterocycles. The van der Waals surface area contributed by atoms with Crippen molar-refractivity contribution >= 4 is 28.3 Å². The van der Waals surface area contributed by atoms with Crippen molar-refractivity contribution in [3.63, 3.8) is 0 Å². The van der Waals surface area contributed by atoms with E-state index in [2.05, 4.69) is 0 Å². The quantitative estimate of drug-likeness (QED) is 0.564. The predicted octanol–water partition coefficient (Wildman–Crippen LogP) is 4.49. The van der Waals surface area contributed by atoms with Crippen LogP contribution in [0.1, 0.15) is 5.56 Å². The first-order valence-electron chi connectivity index (χ1n) is 5.30. The first-order chi connectivity index (χ1) is 8.18. The normalized spacial score (nSPS) is 10.0. The number of nitrogens with zero attached hydrogens (tertiary/aromatic N) is 1. The molecule has 0 aliphatic rings. The molecule has 0 N–H and O–H groups in total. The first-order valence-corrected chi connectivity index (χ1v) is 5.67. The van der Waals surface area contributed by atoms with Gasteiger partial charge in [-0.3, -0.25) is 9.69 Å². The molecule has 0 aromatic heterocycles. The zero-order valence-corrected chi connectivity index (χ0v) is 10.2. The minimum Gasteiger partial charge on any atom is -0.268 e. The van der Waals surface area contributed by atoms with Gasteiger partial charge in [0.05, 0.1) is 11.4 Å². The molecule has 2 rings (SSSR count). The Hall–Kier alpha value is -1.80. The van der Waals surface area contributed by atoms with Crippen molar-refractivity contribution in [3.8, 4) is 0 Å². The number of halogens is 1. The Morgan fingerprint density at radius 3 is 2.24 bits per heavy atom. The van der Waals surface area contributed by atoms with E-state index in [0.717, 1.165) is 16.9 Å². The molecule has 0 saturated carbocycles. The number of anilines is 2. The Morgan fingerprint density at radius 2 is 1.65 bits per heavy atom. The molecule has 17 heavy (non-hydrogen) atoms. The Labute approximate surface area is 105 Å². The maximum atomic E-state index is 11.5. The smallest absolute Gasteiger partial charge is 0.268 e. The van der Waals surface area contributed by atoms with Crippen LogP contribution in [0.4, 0.5) is 16.2 Å². The predicted molar refractivity (Wildman–Crippen MR) is 71.0 cm³/mol. The molecule has 0 atom stereocenters. The van der Waals surface area contributed by atoms with Gasteiger partial charge in [-0.15, -0.1) is 0 Å². The second-order valence-electron chi connectivity index (χ2n) is 3.76. The zero-order valence-electron chi connectivity index (χ0n) is 9.43. The van der Waals surface area contributed by atoms with Gasteiger partial charge in [0.15, 0.2) is 0 Å². The Morgan fingerprint density at radius 1 is 1.00 bits per heavy atom. The van der Waals surface area contributed by atoms with Crippen molar-refractivity contribution in [1.29, 1.82) is 0 Å². The lowest BCUT2D eigenvalue weighted by atomic mass is 10.2. The summed E-state index contributed by atoms with van der Waals surface area (Å²) in [5.74, 6) is 0. The molecular formula is C14H12ClNO. The number of carbonyl (C=O) groups excluding carboxylic acids is 1. The molecule has 2 nitrogen and oxygen atoms in total. The largest absolute Gasteiger partial charge is 0.325 e. The molecule has 1 amide bonds. The highest BCUT2D eigenvalue weighted by Gasteiger charge is 2.15. The van der Waals surface area contributed by atoms with Gasteiger partial charge in [-0.1, -0.05) is 30.3 Å². The fourth-order valence-corrected chi connectivity index (χ4v) is 1.89. The van der Waals surface area contributed by atoms with E-state index in [0.29, 0.717) is 0 Å². The van der Waals surface area contributed by atoms with E-state index in [1.165, 1.54) is 4.90 Å². The molecule has 0 aliphatic carbocycles. The maximum Gasteiger partial charge on any atom is 0.325 e. The summed E-state index contributed by atoms with van der Waals surface area (Å²) in [6.45, 7) is 1.98. The Balaban J connectivity index is 2.47. The number of amides is 1. The van der Waals surface area contributed by atoms with Crippen LogP contribution in [0, 0.1) is 6.92 Å². The Bertz CT molecular complexity index is 525. The van der Waals surface area contributed by atoms with Crippen LogP contribution in [0.25, 0.3) is 0 Å². The number of carbonyl (C=O) groups is 1. The van der Waals surface area contributed by atoms with Crippen molar-refractivity contribution in [2.45, 2.75) is 6.92 Å². The highest BCUT2D eigenvalue weighted by molar-refractivity contribution is 6.66. The lowest BCUT2D eigenvalue weighted by molar-refractivity contribution is 0.266. The molecule has 0 radical (unpaired) electrons. The highest BCUT2D eigenvalue weighted by atomic mass is 35.5. The monoisotopic (exact) mass is 245 g/mol. The standard InChI is InChI=1S/C14H12ClNO/c1-11-6-5-9-13(10-11)16(14(15)17)12-7-3-2-4-8-12/h2-10H,1H3. The maximum absolute atomic E-state index is 11.5. The van der Waals surface area contributed by atoms with E-state index < -0.39 is 5.37 Å². The number of benzene rings is 2. The van der Waals surface area contributed by atoms with Crippen molar-refractivity contribution < 1.29 is 4.79 Å². The lowest BCUT2D eigenvalue weighted by Gasteiger charge is -2.20. The van der Waals surface area contributed by atoms with E-state index in [4.69, 9.17) is 11.6 Å². The summed E-state index contributed by atoms with van der Waals surface area (Å²) in [6, 6.07) is 17.0. The molecule has 0 heterocycles. The molecule has 0 unspecified atom stereocenters. The number of para-hydroxylation sites is 1. The van der Waals surface area contributed by atoms with Gasteiger partial charge in [-0.25, -0.2) is 0 Å². The van der Waals surface area contributed by atoms with Crippen LogP contribution in [0.2, 0.25) is 0 Å². The van der Waals surface area contributed by atoms with Gasteiger partial charge in [-0.2, -0.15) is 0 Å². The van der Waals surface area contributed by atoms with Gasteiger partial charge < -0.3 is 0 Å². The molecule has 0 bridgehead atoms. The Kier molecular flexibility index (Phi) is 3.45. The minimum absolute atomic E-state index is 0.512. The van der Waals surface area contributed by atoms with Crippen LogP contribution in [0.15, 0.2) is 54.6 Å². The van der Waals surface area contributed by atoms with Crippen LogP contribution < -0.4 is 4.90 Å². The van der Waals surface area contributed by atoms with Gasteiger partial charge in [0, 0.05) is 0 Å². The lowest BCUT2D eigenvalue weighted by Crippen LogP contribution is -2.19. The second-order valence-corrected chi connectivity index (χ2v) is 4.09. The van der Waals surface area contributed by atoms with Gasteiger partial charge in [0.1, 0.15) is 0 Å². The molecule has 86 valence electrons. The molecule has 0 fully saturated rings. The van der Waals surface area contributed by atoms with E-state index >= 15 is 0 Å². The SMILES string of the molecule is Cc1cccc(N(C(=O)Cl)c2ccccc2)c1. The van der Waals surface area contributed by atoms with Crippen molar-refractivity contribution in [2.75, 3.05) is 4.90 Å². The third-order valence-corrected chi connectivity index (χ3v) is 2.62. The molecule has 0 spiro atoms. The fourth-order valence-electron chi connectivity index (χ4n) is 1.70. The molecule has 0 saturated heterocycles. The van der Waals surface area contributed by atoms with Crippen LogP contribution in [-0.4, -0.2) is 5.37 Å². The number of hydrogen-bond donors (Lipinski definition) is 0.